The lowest BCUT2D eigenvalue weighted by Crippen LogP contribution is -2.07. The number of carboxylic acid groups (broad SMARTS) is 1. The summed E-state index contributed by atoms with van der Waals surface area (Å²) in [6.45, 7) is 0. The Morgan fingerprint density at radius 2 is 2.41 bits per heavy atom. The van der Waals surface area contributed by atoms with Gasteiger partial charge in [0, 0.05) is 12.2 Å². The van der Waals surface area contributed by atoms with Crippen molar-refractivity contribution in [3.63, 3.8) is 0 Å². The van der Waals surface area contributed by atoms with E-state index in [2.05, 4.69) is 9.97 Å². The van der Waals surface area contributed by atoms with Gasteiger partial charge in [0.05, 0.1) is 5.39 Å². The van der Waals surface area contributed by atoms with Crippen molar-refractivity contribution in [2.45, 2.75) is 18.0 Å². The molecule has 0 aliphatic carbocycles. The summed E-state index contributed by atoms with van der Waals surface area (Å²) in [5.41, 5.74) is -0.142. The van der Waals surface area contributed by atoms with E-state index in [-0.39, 0.29) is 12.0 Å². The third-order valence-corrected chi connectivity index (χ3v) is 3.85. The molecule has 0 amide bonds. The third kappa shape index (κ3) is 3.07. The van der Waals surface area contributed by atoms with Crippen LogP contribution in [-0.2, 0) is 4.79 Å². The number of hydrogen-bond acceptors (Lipinski definition) is 5. The standard InChI is InChI=1S/C10H10N2O3S2/c13-7(14)2-1-4-17-10-11-8(15)6-3-5-16-9(6)12-10/h3,5H,1-2,4H2,(H,13,14)(H,11,12,15). The topological polar surface area (TPSA) is 83.0 Å². The molecule has 5 nitrogen and oxygen atoms in total. The monoisotopic (exact) mass is 270 g/mol. The molecule has 0 saturated heterocycles. The minimum absolute atomic E-state index is 0.137. The zero-order valence-corrected chi connectivity index (χ0v) is 10.4. The normalized spacial score (nSPS) is 10.8. The van der Waals surface area contributed by atoms with Crippen LogP contribution in [0.2, 0.25) is 0 Å². The van der Waals surface area contributed by atoms with Gasteiger partial charge in [-0.2, -0.15) is 0 Å². The summed E-state index contributed by atoms with van der Waals surface area (Å²) in [5.74, 6) is -0.174. The first-order valence-electron chi connectivity index (χ1n) is 4.99. The number of aliphatic carboxylic acids is 1. The number of thiophene rings is 1. The maximum absolute atomic E-state index is 11.6. The predicted molar refractivity (Wildman–Crippen MR) is 67.8 cm³/mol. The van der Waals surface area contributed by atoms with Crippen LogP contribution in [0.1, 0.15) is 12.8 Å². The molecule has 0 atom stereocenters. The van der Waals surface area contributed by atoms with Crippen LogP contribution in [0.3, 0.4) is 0 Å². The summed E-state index contributed by atoms with van der Waals surface area (Å²) < 4.78 is 0. The van der Waals surface area contributed by atoms with Crippen LogP contribution in [-0.4, -0.2) is 26.8 Å². The van der Waals surface area contributed by atoms with Gasteiger partial charge in [0.1, 0.15) is 4.83 Å². The number of carboxylic acids is 1. The van der Waals surface area contributed by atoms with Crippen molar-refractivity contribution in [2.75, 3.05) is 5.75 Å². The lowest BCUT2D eigenvalue weighted by Gasteiger charge is -1.99. The quantitative estimate of drug-likeness (QED) is 0.493. The van der Waals surface area contributed by atoms with Crippen LogP contribution >= 0.6 is 23.1 Å². The summed E-state index contributed by atoms with van der Waals surface area (Å²) in [7, 11) is 0. The predicted octanol–water partition coefficient (Wildman–Crippen LogP) is 1.94. The van der Waals surface area contributed by atoms with Crippen molar-refractivity contribution in [1.82, 2.24) is 9.97 Å². The highest BCUT2D eigenvalue weighted by Gasteiger charge is 2.05. The Morgan fingerprint density at radius 1 is 1.59 bits per heavy atom. The highest BCUT2D eigenvalue weighted by molar-refractivity contribution is 7.99. The maximum Gasteiger partial charge on any atom is 0.303 e. The molecule has 0 fully saturated rings. The third-order valence-electron chi connectivity index (χ3n) is 2.09. The second-order valence-electron chi connectivity index (χ2n) is 3.36. The van der Waals surface area contributed by atoms with Crippen molar-refractivity contribution >= 4 is 39.3 Å². The Hall–Kier alpha value is -1.34. The fourth-order valence-corrected chi connectivity index (χ4v) is 2.93. The number of nitrogens with one attached hydrogen (secondary N) is 1. The number of carbonyl (C=O) groups is 1. The molecule has 2 rings (SSSR count). The van der Waals surface area contributed by atoms with E-state index in [4.69, 9.17) is 5.11 Å². The zero-order chi connectivity index (χ0) is 12.3. The van der Waals surface area contributed by atoms with Crippen molar-refractivity contribution < 1.29 is 9.90 Å². The van der Waals surface area contributed by atoms with Crippen molar-refractivity contribution in [1.29, 1.82) is 0 Å². The van der Waals surface area contributed by atoms with Gasteiger partial charge in [0.25, 0.3) is 5.56 Å². The smallest absolute Gasteiger partial charge is 0.303 e. The first-order chi connectivity index (χ1) is 8.16. The van der Waals surface area contributed by atoms with E-state index in [1.165, 1.54) is 23.1 Å². The van der Waals surface area contributed by atoms with E-state index < -0.39 is 5.97 Å². The molecule has 0 radical (unpaired) electrons. The maximum atomic E-state index is 11.6. The minimum Gasteiger partial charge on any atom is -0.481 e. The van der Waals surface area contributed by atoms with Crippen molar-refractivity contribution in [3.8, 4) is 0 Å². The van der Waals surface area contributed by atoms with Gasteiger partial charge in [0.15, 0.2) is 5.16 Å². The van der Waals surface area contributed by atoms with E-state index in [0.29, 0.717) is 22.7 Å². The van der Waals surface area contributed by atoms with E-state index >= 15 is 0 Å². The Kier molecular flexibility index (Phi) is 3.80. The molecule has 2 aromatic rings. The number of aromatic nitrogens is 2. The number of fused-ring (bicyclic) bond motifs is 1. The molecule has 0 spiro atoms. The second-order valence-corrected chi connectivity index (χ2v) is 5.33. The number of rotatable bonds is 5. The Labute approximate surface area is 105 Å². The minimum atomic E-state index is -0.805. The van der Waals surface area contributed by atoms with Crippen LogP contribution < -0.4 is 5.56 Å². The fourth-order valence-electron chi connectivity index (χ4n) is 1.31. The van der Waals surface area contributed by atoms with E-state index in [1.54, 1.807) is 6.07 Å². The van der Waals surface area contributed by atoms with E-state index in [0.717, 1.165) is 4.83 Å². The summed E-state index contributed by atoms with van der Waals surface area (Å²) in [6, 6.07) is 1.74. The van der Waals surface area contributed by atoms with E-state index in [1.807, 2.05) is 5.38 Å². The Bertz CT molecular complexity index is 590. The van der Waals surface area contributed by atoms with Gasteiger partial charge in [-0.1, -0.05) is 11.8 Å². The summed E-state index contributed by atoms with van der Waals surface area (Å²) >= 11 is 2.79. The molecule has 0 aliphatic heterocycles. The van der Waals surface area contributed by atoms with Gasteiger partial charge in [-0.15, -0.1) is 11.3 Å². The fraction of sp³-hybridized carbons (Fsp3) is 0.300. The van der Waals surface area contributed by atoms with Crippen LogP contribution in [0.5, 0.6) is 0 Å². The van der Waals surface area contributed by atoms with Crippen molar-refractivity contribution in [3.05, 3.63) is 21.8 Å². The molecule has 7 heteroatoms. The molecular weight excluding hydrogens is 260 g/mol. The zero-order valence-electron chi connectivity index (χ0n) is 8.80. The first-order valence-corrected chi connectivity index (χ1v) is 6.85. The molecule has 2 N–H and O–H groups in total. The summed E-state index contributed by atoms with van der Waals surface area (Å²) in [4.78, 5) is 29.6. The van der Waals surface area contributed by atoms with Gasteiger partial charge in [-0.3, -0.25) is 9.59 Å². The second kappa shape index (κ2) is 5.33. The SMILES string of the molecule is O=C(O)CCCSc1nc2sccc2c(=O)[nH]1. The average molecular weight is 270 g/mol. The largest absolute Gasteiger partial charge is 0.481 e. The number of nitrogens with zero attached hydrogens (tertiary/aromatic N) is 1. The van der Waals surface area contributed by atoms with Crippen LogP contribution in [0, 0.1) is 0 Å². The number of H-pyrrole nitrogens is 1. The van der Waals surface area contributed by atoms with Crippen molar-refractivity contribution in [2.24, 2.45) is 0 Å². The molecule has 0 aliphatic rings. The lowest BCUT2D eigenvalue weighted by molar-refractivity contribution is -0.137. The first kappa shape index (κ1) is 12.1. The van der Waals surface area contributed by atoms with Gasteiger partial charge >= 0.3 is 5.97 Å². The Morgan fingerprint density at radius 3 is 3.18 bits per heavy atom. The average Bonchev–Trinajstić information content (AvgIpc) is 2.72. The van der Waals surface area contributed by atoms with Gasteiger partial charge < -0.3 is 10.1 Å². The molecule has 0 saturated carbocycles. The number of hydrogen-bond donors (Lipinski definition) is 2. The molecule has 2 aromatic heterocycles. The molecule has 2 heterocycles. The molecule has 0 bridgehead atoms. The molecule has 0 unspecified atom stereocenters. The van der Waals surface area contributed by atoms with Crippen LogP contribution in [0.25, 0.3) is 10.2 Å². The van der Waals surface area contributed by atoms with Gasteiger partial charge in [-0.05, 0) is 17.9 Å². The van der Waals surface area contributed by atoms with Gasteiger partial charge in [0.2, 0.25) is 0 Å². The molecule has 17 heavy (non-hydrogen) atoms. The van der Waals surface area contributed by atoms with E-state index in [9.17, 15) is 9.59 Å². The lowest BCUT2D eigenvalue weighted by atomic mass is 10.3. The molecule has 90 valence electrons. The summed E-state index contributed by atoms with van der Waals surface area (Å²) in [5, 5.41) is 11.5. The number of aromatic amines is 1. The molecular formula is C10H10N2O3S2. The highest BCUT2D eigenvalue weighted by atomic mass is 32.2. The summed E-state index contributed by atoms with van der Waals surface area (Å²) in [6.07, 6.45) is 0.699. The van der Waals surface area contributed by atoms with Crippen LogP contribution in [0.4, 0.5) is 0 Å². The van der Waals surface area contributed by atoms with Crippen LogP contribution in [0.15, 0.2) is 21.4 Å². The van der Waals surface area contributed by atoms with Gasteiger partial charge in [-0.25, -0.2) is 4.98 Å². The Balaban J connectivity index is 2.04. The highest BCUT2D eigenvalue weighted by Crippen LogP contribution is 2.19. The number of thioether (sulfide) groups is 1. The molecule has 0 aromatic carbocycles.